The molecule has 0 saturated carbocycles. The van der Waals surface area contributed by atoms with Gasteiger partial charge in [0.1, 0.15) is 11.6 Å². The summed E-state index contributed by atoms with van der Waals surface area (Å²) in [6.07, 6.45) is 0.943. The van der Waals surface area contributed by atoms with Crippen LogP contribution >= 0.6 is 0 Å². The first-order valence-electron chi connectivity index (χ1n) is 5.65. The Hall–Kier alpha value is -1.44. The molecule has 16 heavy (non-hydrogen) atoms. The smallest absolute Gasteiger partial charge is 0.144 e. The van der Waals surface area contributed by atoms with Gasteiger partial charge in [0.15, 0.2) is 0 Å². The van der Waals surface area contributed by atoms with Crippen LogP contribution in [0.2, 0.25) is 0 Å². The number of carbonyl (C=O) groups excluding carboxylic acids is 2. The van der Waals surface area contributed by atoms with Gasteiger partial charge in [-0.3, -0.25) is 9.59 Å². The molecule has 0 aliphatic heterocycles. The number of hydrogen-bond acceptors (Lipinski definition) is 2. The van der Waals surface area contributed by atoms with Crippen LogP contribution in [-0.4, -0.2) is 11.6 Å². The van der Waals surface area contributed by atoms with Gasteiger partial charge in [0.25, 0.3) is 0 Å². The lowest BCUT2D eigenvalue weighted by Crippen LogP contribution is -2.11. The second-order valence-corrected chi connectivity index (χ2v) is 4.51. The van der Waals surface area contributed by atoms with Crippen LogP contribution in [0.4, 0.5) is 0 Å². The highest BCUT2D eigenvalue weighted by atomic mass is 16.1. The van der Waals surface area contributed by atoms with Crippen molar-refractivity contribution < 1.29 is 9.59 Å². The molecule has 86 valence electrons. The van der Waals surface area contributed by atoms with E-state index in [1.165, 1.54) is 0 Å². The first-order valence-corrected chi connectivity index (χ1v) is 5.65. The first-order chi connectivity index (χ1) is 7.58. The number of benzene rings is 1. The van der Waals surface area contributed by atoms with Crippen LogP contribution in [0.15, 0.2) is 30.3 Å². The zero-order valence-electron chi connectivity index (χ0n) is 9.90. The van der Waals surface area contributed by atoms with Crippen LogP contribution in [0.25, 0.3) is 0 Å². The Morgan fingerprint density at radius 1 is 1.06 bits per heavy atom. The molecule has 1 aromatic rings. The van der Waals surface area contributed by atoms with E-state index in [4.69, 9.17) is 0 Å². The van der Waals surface area contributed by atoms with Crippen LogP contribution in [0.3, 0.4) is 0 Å². The van der Waals surface area contributed by atoms with E-state index in [0.717, 1.165) is 5.56 Å². The van der Waals surface area contributed by atoms with E-state index in [1.54, 1.807) is 0 Å². The number of hydrogen-bond donors (Lipinski definition) is 0. The summed E-state index contributed by atoms with van der Waals surface area (Å²) in [5.74, 6) is 0.393. The second-order valence-electron chi connectivity index (χ2n) is 4.51. The van der Waals surface area contributed by atoms with Crippen molar-refractivity contribution in [1.29, 1.82) is 0 Å². The van der Waals surface area contributed by atoms with Crippen molar-refractivity contribution in [3.05, 3.63) is 35.9 Å². The van der Waals surface area contributed by atoms with Gasteiger partial charge in [0.05, 0.1) is 6.42 Å². The second kappa shape index (κ2) is 6.21. The molecule has 2 nitrogen and oxygen atoms in total. The van der Waals surface area contributed by atoms with Gasteiger partial charge in [-0.1, -0.05) is 44.2 Å². The molecular formula is C14H18O2. The lowest BCUT2D eigenvalue weighted by molar-refractivity contribution is -0.127. The van der Waals surface area contributed by atoms with E-state index in [0.29, 0.717) is 18.8 Å². The van der Waals surface area contributed by atoms with Gasteiger partial charge in [-0.05, 0) is 11.5 Å². The molecule has 0 bridgehead atoms. The molecule has 0 saturated heterocycles. The molecule has 2 heteroatoms. The third-order valence-electron chi connectivity index (χ3n) is 2.27. The Morgan fingerprint density at radius 3 is 2.25 bits per heavy atom. The fraction of sp³-hybridized carbons (Fsp3) is 0.429. The SMILES string of the molecule is CC(C)CC(=O)CC(=O)Cc1ccccc1. The minimum Gasteiger partial charge on any atom is -0.299 e. The molecule has 0 aliphatic carbocycles. The highest BCUT2D eigenvalue weighted by molar-refractivity contribution is 5.99. The third-order valence-corrected chi connectivity index (χ3v) is 2.27. The molecule has 1 aromatic carbocycles. The maximum Gasteiger partial charge on any atom is 0.144 e. The summed E-state index contributed by atoms with van der Waals surface area (Å²) in [6.45, 7) is 3.97. The molecule has 1 rings (SSSR count). The summed E-state index contributed by atoms with van der Waals surface area (Å²) in [7, 11) is 0. The van der Waals surface area contributed by atoms with Crippen LogP contribution in [0.5, 0.6) is 0 Å². The Morgan fingerprint density at radius 2 is 1.69 bits per heavy atom. The topological polar surface area (TPSA) is 34.1 Å². The predicted octanol–water partition coefficient (Wildman–Crippen LogP) is 2.80. The number of rotatable bonds is 6. The zero-order chi connectivity index (χ0) is 12.0. The van der Waals surface area contributed by atoms with Crippen LogP contribution in [-0.2, 0) is 16.0 Å². The van der Waals surface area contributed by atoms with Crippen LogP contribution in [0, 0.1) is 5.92 Å². The molecule has 0 atom stereocenters. The Kier molecular flexibility index (Phi) is 4.90. The van der Waals surface area contributed by atoms with E-state index < -0.39 is 0 Å². The van der Waals surface area contributed by atoms with Gasteiger partial charge in [0, 0.05) is 12.8 Å². The van der Waals surface area contributed by atoms with Crippen molar-refractivity contribution in [2.45, 2.75) is 33.1 Å². The molecule has 0 amide bonds. The zero-order valence-corrected chi connectivity index (χ0v) is 9.90. The summed E-state index contributed by atoms with van der Waals surface area (Å²) in [5, 5.41) is 0. The number of ketones is 2. The van der Waals surface area contributed by atoms with Gasteiger partial charge >= 0.3 is 0 Å². The molecular weight excluding hydrogens is 200 g/mol. The number of Topliss-reactive ketones (excluding diaryl/α,β-unsaturated/α-hetero) is 2. The first kappa shape index (κ1) is 12.6. The quantitative estimate of drug-likeness (QED) is 0.688. The fourth-order valence-electron chi connectivity index (χ4n) is 1.63. The van der Waals surface area contributed by atoms with Crippen molar-refractivity contribution >= 4 is 11.6 Å². The van der Waals surface area contributed by atoms with E-state index in [1.807, 2.05) is 44.2 Å². The fourth-order valence-corrected chi connectivity index (χ4v) is 1.63. The molecule has 0 fully saturated rings. The van der Waals surface area contributed by atoms with Gasteiger partial charge < -0.3 is 0 Å². The van der Waals surface area contributed by atoms with Crippen molar-refractivity contribution in [2.75, 3.05) is 0 Å². The predicted molar refractivity (Wildman–Crippen MR) is 64.2 cm³/mol. The van der Waals surface area contributed by atoms with E-state index in [-0.39, 0.29) is 18.0 Å². The minimum absolute atomic E-state index is 0.0110. The van der Waals surface area contributed by atoms with Gasteiger partial charge in [-0.15, -0.1) is 0 Å². The normalized spacial score (nSPS) is 10.4. The van der Waals surface area contributed by atoms with Gasteiger partial charge in [0.2, 0.25) is 0 Å². The highest BCUT2D eigenvalue weighted by Crippen LogP contribution is 2.06. The molecule has 0 aliphatic rings. The average molecular weight is 218 g/mol. The van der Waals surface area contributed by atoms with E-state index in [9.17, 15) is 9.59 Å². The summed E-state index contributed by atoms with van der Waals surface area (Å²) in [4.78, 5) is 23.0. The Balaban J connectivity index is 2.39. The molecule has 0 radical (unpaired) electrons. The molecule has 0 heterocycles. The standard InChI is InChI=1S/C14H18O2/c1-11(2)8-13(15)10-14(16)9-12-6-4-3-5-7-12/h3-7,11H,8-10H2,1-2H3. The van der Waals surface area contributed by atoms with Gasteiger partial charge in [-0.25, -0.2) is 0 Å². The minimum atomic E-state index is 0.0110. The molecule has 0 aromatic heterocycles. The van der Waals surface area contributed by atoms with Crippen molar-refractivity contribution in [3.8, 4) is 0 Å². The van der Waals surface area contributed by atoms with Crippen molar-refractivity contribution in [3.63, 3.8) is 0 Å². The largest absolute Gasteiger partial charge is 0.299 e. The van der Waals surface area contributed by atoms with E-state index in [2.05, 4.69) is 0 Å². The highest BCUT2D eigenvalue weighted by Gasteiger charge is 2.11. The average Bonchev–Trinajstić information content (AvgIpc) is 2.17. The molecule has 0 N–H and O–H groups in total. The number of carbonyl (C=O) groups is 2. The summed E-state index contributed by atoms with van der Waals surface area (Å²) >= 11 is 0. The molecule has 0 unspecified atom stereocenters. The van der Waals surface area contributed by atoms with Crippen LogP contribution in [0.1, 0.15) is 32.3 Å². The maximum atomic E-state index is 11.6. The van der Waals surface area contributed by atoms with Crippen molar-refractivity contribution in [1.82, 2.24) is 0 Å². The Labute approximate surface area is 96.7 Å². The lowest BCUT2D eigenvalue weighted by Gasteiger charge is -2.03. The molecule has 0 spiro atoms. The van der Waals surface area contributed by atoms with Crippen LogP contribution < -0.4 is 0 Å². The summed E-state index contributed by atoms with van der Waals surface area (Å²) in [5.41, 5.74) is 0.977. The Bertz CT molecular complexity index is 352. The summed E-state index contributed by atoms with van der Waals surface area (Å²) < 4.78 is 0. The maximum absolute atomic E-state index is 11.6. The monoisotopic (exact) mass is 218 g/mol. The van der Waals surface area contributed by atoms with E-state index >= 15 is 0 Å². The summed E-state index contributed by atoms with van der Waals surface area (Å²) in [6, 6.07) is 9.53. The third kappa shape index (κ3) is 4.87. The lowest BCUT2D eigenvalue weighted by atomic mass is 10.0. The van der Waals surface area contributed by atoms with Gasteiger partial charge in [-0.2, -0.15) is 0 Å². The van der Waals surface area contributed by atoms with Crippen molar-refractivity contribution in [2.24, 2.45) is 5.92 Å².